The van der Waals surface area contributed by atoms with Crippen LogP contribution in [0.25, 0.3) is 5.69 Å². The molecule has 210 valence electrons. The molecule has 0 fully saturated rings. The normalized spacial score (nSPS) is 11.7. The molecule has 0 N–H and O–H groups in total. The highest BCUT2D eigenvalue weighted by Crippen LogP contribution is 2.43. The molecule has 0 bridgehead atoms. The summed E-state index contributed by atoms with van der Waals surface area (Å²) in [7, 11) is 0. The van der Waals surface area contributed by atoms with E-state index in [9.17, 15) is 14.5 Å². The van der Waals surface area contributed by atoms with Gasteiger partial charge in [0.15, 0.2) is 16.7 Å². The first kappa shape index (κ1) is 29.2. The van der Waals surface area contributed by atoms with Gasteiger partial charge in [-0.15, -0.1) is 10.2 Å². The summed E-state index contributed by atoms with van der Waals surface area (Å²) in [5.74, 6) is 1.49. The van der Waals surface area contributed by atoms with E-state index in [1.54, 1.807) is 37.3 Å². The molecule has 0 saturated heterocycles. The lowest BCUT2D eigenvalue weighted by Gasteiger charge is -2.19. The molecule has 40 heavy (non-hydrogen) atoms. The molecule has 1 aromatic heterocycles. The molecule has 1 atom stereocenters. The lowest BCUT2D eigenvalue weighted by Crippen LogP contribution is -2.12. The minimum absolute atomic E-state index is 0.0661. The number of aryl methyl sites for hydroxylation is 1. The topological polar surface area (TPSA) is 102 Å². The van der Waals surface area contributed by atoms with Crippen LogP contribution in [0.15, 0.2) is 65.8 Å². The van der Waals surface area contributed by atoms with Crippen molar-refractivity contribution in [3.8, 4) is 22.9 Å². The van der Waals surface area contributed by atoms with Crippen molar-refractivity contribution in [3.63, 3.8) is 0 Å². The zero-order valence-electron chi connectivity index (χ0n) is 22.2. The van der Waals surface area contributed by atoms with Gasteiger partial charge in [-0.3, -0.25) is 14.7 Å². The second-order valence-corrected chi connectivity index (χ2v) is 10.1. The van der Waals surface area contributed by atoms with Crippen molar-refractivity contribution in [1.82, 2.24) is 14.8 Å². The third-order valence-corrected chi connectivity index (χ3v) is 7.26. The third kappa shape index (κ3) is 7.02. The largest absolute Gasteiger partial charge is 0.494 e. The van der Waals surface area contributed by atoms with Gasteiger partial charge in [-0.1, -0.05) is 41.6 Å². The van der Waals surface area contributed by atoms with Gasteiger partial charge in [-0.05, 0) is 68.8 Å². The highest BCUT2D eigenvalue weighted by molar-refractivity contribution is 7.99. The molecule has 9 nitrogen and oxygen atoms in total. The number of hydrogen-bond acceptors (Lipinski definition) is 8. The van der Waals surface area contributed by atoms with Gasteiger partial charge in [0.25, 0.3) is 0 Å². The minimum Gasteiger partial charge on any atom is -0.494 e. The van der Waals surface area contributed by atoms with Crippen LogP contribution in [0.2, 0.25) is 5.02 Å². The van der Waals surface area contributed by atoms with Crippen molar-refractivity contribution >= 4 is 23.4 Å². The number of thioether (sulfide) groups is 1. The number of nitro groups is 1. The van der Waals surface area contributed by atoms with Crippen LogP contribution in [-0.2, 0) is 6.61 Å². The lowest BCUT2D eigenvalue weighted by atomic mass is 10.1. The molecule has 0 saturated carbocycles. The fourth-order valence-electron chi connectivity index (χ4n) is 3.99. The average Bonchev–Trinajstić information content (AvgIpc) is 3.28. The zero-order chi connectivity index (χ0) is 28.6. The van der Waals surface area contributed by atoms with Gasteiger partial charge in [-0.2, -0.15) is 0 Å². The Balaban J connectivity index is 1.66. The summed E-state index contributed by atoms with van der Waals surface area (Å²) in [5, 5.41) is 20.2. The van der Waals surface area contributed by atoms with Crippen LogP contribution in [-0.4, -0.2) is 39.4 Å². The monoisotopic (exact) mass is 586 g/mol. The molecule has 4 rings (SSSR count). The molecule has 0 aliphatic rings. The molecule has 1 heterocycles. The molecule has 12 heteroatoms. The van der Waals surface area contributed by atoms with Crippen LogP contribution >= 0.6 is 23.4 Å². The summed E-state index contributed by atoms with van der Waals surface area (Å²) in [5.41, 5.74) is 1.70. The molecule has 0 aliphatic heterocycles. The van der Waals surface area contributed by atoms with Gasteiger partial charge in [-0.25, -0.2) is 4.39 Å². The van der Waals surface area contributed by atoms with E-state index < -0.39 is 17.6 Å². The summed E-state index contributed by atoms with van der Waals surface area (Å²) in [6, 6.07) is 17.0. The van der Waals surface area contributed by atoms with E-state index in [-0.39, 0.29) is 22.3 Å². The van der Waals surface area contributed by atoms with Gasteiger partial charge in [0.1, 0.15) is 29.2 Å². The Bertz CT molecular complexity index is 1470. The molecule has 0 amide bonds. The highest BCUT2D eigenvalue weighted by atomic mass is 35.5. The Morgan fingerprint density at radius 3 is 2.45 bits per heavy atom. The summed E-state index contributed by atoms with van der Waals surface area (Å²) in [4.78, 5) is 11.3. The van der Waals surface area contributed by atoms with Gasteiger partial charge in [0.05, 0.1) is 18.2 Å². The van der Waals surface area contributed by atoms with Crippen LogP contribution in [0.5, 0.6) is 17.2 Å². The van der Waals surface area contributed by atoms with E-state index in [0.717, 1.165) is 11.4 Å². The van der Waals surface area contributed by atoms with E-state index in [1.807, 2.05) is 42.7 Å². The Labute approximate surface area is 240 Å². The van der Waals surface area contributed by atoms with E-state index in [2.05, 4.69) is 10.2 Å². The summed E-state index contributed by atoms with van der Waals surface area (Å²) >= 11 is 7.80. The van der Waals surface area contributed by atoms with Gasteiger partial charge < -0.3 is 14.2 Å². The molecule has 0 unspecified atom stereocenters. The third-order valence-electron chi connectivity index (χ3n) is 5.80. The first-order chi connectivity index (χ1) is 19.3. The molecule has 0 radical (unpaired) electrons. The fraction of sp³-hybridized carbons (Fsp3) is 0.286. The van der Waals surface area contributed by atoms with E-state index in [0.29, 0.717) is 41.1 Å². The number of hydrogen-bond donors (Lipinski definition) is 0. The maximum absolute atomic E-state index is 14.1. The standard InChI is InChI=1S/C28H28ClFN4O5S/c1-4-37-22-12-10-21(11-13-22)34-18(3)31-32-28(34)40-26(16-33(35)36)20-14-23(29)27(25(15-20)38-5-2)39-17-19-8-6-7-9-24(19)30/h6-15,26H,4-5,16-17H2,1-3H3/t26-/m1/s1. The Kier molecular flexibility index (Phi) is 9.84. The number of ether oxygens (including phenoxy) is 3. The van der Waals surface area contributed by atoms with E-state index in [4.69, 9.17) is 25.8 Å². The van der Waals surface area contributed by atoms with Crippen LogP contribution < -0.4 is 14.2 Å². The Morgan fingerprint density at radius 1 is 1.05 bits per heavy atom. The molecular weight excluding hydrogens is 559 g/mol. The summed E-state index contributed by atoms with van der Waals surface area (Å²) in [6.07, 6.45) is 0. The molecule has 4 aromatic rings. The van der Waals surface area contributed by atoms with Crippen molar-refractivity contribution < 1.29 is 23.5 Å². The van der Waals surface area contributed by atoms with Gasteiger partial charge in [0.2, 0.25) is 6.54 Å². The zero-order valence-corrected chi connectivity index (χ0v) is 23.7. The number of halogens is 2. The molecule has 0 spiro atoms. The van der Waals surface area contributed by atoms with Crippen molar-refractivity contribution in [2.45, 2.75) is 37.8 Å². The second-order valence-electron chi connectivity index (χ2n) is 8.56. The second kappa shape index (κ2) is 13.5. The SMILES string of the molecule is CCOc1ccc(-n2c(C)nnc2S[C@H](C[N+](=O)[O-])c2cc(Cl)c(OCc3ccccc3F)c(OCC)c2)cc1. The van der Waals surface area contributed by atoms with Crippen LogP contribution in [0.1, 0.15) is 36.0 Å². The van der Waals surface area contributed by atoms with Crippen LogP contribution in [0, 0.1) is 22.9 Å². The highest BCUT2D eigenvalue weighted by Gasteiger charge is 2.26. The van der Waals surface area contributed by atoms with Gasteiger partial charge >= 0.3 is 0 Å². The first-order valence-electron chi connectivity index (χ1n) is 12.6. The summed E-state index contributed by atoms with van der Waals surface area (Å²) in [6.45, 7) is 5.89. The maximum atomic E-state index is 14.1. The number of rotatable bonds is 13. The van der Waals surface area contributed by atoms with E-state index in [1.165, 1.54) is 17.8 Å². The van der Waals surface area contributed by atoms with Crippen molar-refractivity contribution in [2.24, 2.45) is 0 Å². The van der Waals surface area contributed by atoms with Crippen molar-refractivity contribution in [2.75, 3.05) is 19.8 Å². The van der Waals surface area contributed by atoms with Gasteiger partial charge in [0, 0.05) is 16.2 Å². The number of aromatic nitrogens is 3. The Morgan fingerprint density at radius 2 is 1.77 bits per heavy atom. The smallest absolute Gasteiger partial charge is 0.220 e. The van der Waals surface area contributed by atoms with Crippen molar-refractivity contribution in [1.29, 1.82) is 0 Å². The molecule has 0 aliphatic carbocycles. The molecule has 3 aromatic carbocycles. The predicted molar refractivity (Wildman–Crippen MR) is 151 cm³/mol. The average molecular weight is 587 g/mol. The quantitative estimate of drug-likeness (QED) is 0.0951. The van der Waals surface area contributed by atoms with Crippen LogP contribution in [0.4, 0.5) is 4.39 Å². The molecular formula is C28H28ClFN4O5S. The Hall–Kier alpha value is -3.83. The van der Waals surface area contributed by atoms with Crippen molar-refractivity contribution in [3.05, 3.63) is 98.6 Å². The fourth-order valence-corrected chi connectivity index (χ4v) is 5.42. The minimum atomic E-state index is -0.683. The van der Waals surface area contributed by atoms with Crippen LogP contribution in [0.3, 0.4) is 0 Å². The lowest BCUT2D eigenvalue weighted by molar-refractivity contribution is -0.479. The maximum Gasteiger partial charge on any atom is 0.220 e. The predicted octanol–water partition coefficient (Wildman–Crippen LogP) is 6.85. The number of benzene rings is 3. The van der Waals surface area contributed by atoms with E-state index >= 15 is 0 Å². The summed E-state index contributed by atoms with van der Waals surface area (Å²) < 4.78 is 33.1. The number of nitrogens with zero attached hydrogens (tertiary/aromatic N) is 4. The first-order valence-corrected chi connectivity index (χ1v) is 13.8.